The zero-order valence-electron chi connectivity index (χ0n) is 10.1. The van der Waals surface area contributed by atoms with Crippen molar-refractivity contribution in [2.75, 3.05) is 0 Å². The Balaban J connectivity index is 2.10. The number of rotatable bonds is 6. The highest BCUT2D eigenvalue weighted by Crippen LogP contribution is 2.19. The van der Waals surface area contributed by atoms with Crippen molar-refractivity contribution >= 4 is 15.7 Å². The Morgan fingerprint density at radius 2 is 2.10 bits per heavy atom. The summed E-state index contributed by atoms with van der Waals surface area (Å²) in [7, 11) is -3.74. The topological polar surface area (TPSA) is 144 Å². The molecular weight excluding hydrogens is 288 g/mol. The van der Waals surface area contributed by atoms with Crippen LogP contribution >= 0.6 is 0 Å². The van der Waals surface area contributed by atoms with Crippen LogP contribution in [0.3, 0.4) is 0 Å². The first-order valence-corrected chi connectivity index (χ1v) is 7.05. The summed E-state index contributed by atoms with van der Waals surface area (Å²) >= 11 is 0. The number of nitrogens with zero attached hydrogens (tertiary/aromatic N) is 4. The Bertz CT molecular complexity index is 699. The molecule has 0 aliphatic carbocycles. The van der Waals surface area contributed by atoms with Gasteiger partial charge in [-0.05, 0) is 0 Å². The van der Waals surface area contributed by atoms with Gasteiger partial charge in [-0.2, -0.15) is 5.21 Å². The van der Waals surface area contributed by atoms with Crippen LogP contribution in [0, 0.1) is 10.1 Å². The summed E-state index contributed by atoms with van der Waals surface area (Å²) in [6.07, 6.45) is 0. The minimum atomic E-state index is -3.74. The average Bonchev–Trinajstić information content (AvgIpc) is 2.89. The smallest absolute Gasteiger partial charge is 0.258 e. The predicted molar refractivity (Wildman–Crippen MR) is 66.7 cm³/mol. The van der Waals surface area contributed by atoms with Gasteiger partial charge in [0, 0.05) is 11.6 Å². The number of aromatic nitrogens is 4. The number of nitro groups is 1. The van der Waals surface area contributed by atoms with E-state index in [1.807, 2.05) is 0 Å². The molecule has 0 saturated carbocycles. The number of para-hydroxylation sites is 1. The Hall–Kier alpha value is -2.40. The van der Waals surface area contributed by atoms with Crippen LogP contribution in [0.15, 0.2) is 24.3 Å². The van der Waals surface area contributed by atoms with Gasteiger partial charge in [0.25, 0.3) is 5.69 Å². The van der Waals surface area contributed by atoms with E-state index in [-0.39, 0.29) is 23.6 Å². The summed E-state index contributed by atoms with van der Waals surface area (Å²) in [5.74, 6) is -0.321. The van der Waals surface area contributed by atoms with Gasteiger partial charge in [-0.3, -0.25) is 10.1 Å². The SMILES string of the molecule is O=[N+]([O-])c1ccccc1CS(=O)(=O)NCc1nn[nH]n1. The lowest BCUT2D eigenvalue weighted by Gasteiger charge is -2.05. The first-order valence-electron chi connectivity index (χ1n) is 5.40. The van der Waals surface area contributed by atoms with E-state index in [4.69, 9.17) is 0 Å². The van der Waals surface area contributed by atoms with Gasteiger partial charge in [0.15, 0.2) is 5.82 Å². The number of tetrazole rings is 1. The second kappa shape index (κ2) is 5.71. The molecule has 11 heteroatoms. The normalized spacial score (nSPS) is 11.4. The molecule has 0 saturated heterocycles. The lowest BCUT2D eigenvalue weighted by molar-refractivity contribution is -0.385. The maximum absolute atomic E-state index is 11.9. The van der Waals surface area contributed by atoms with Gasteiger partial charge in [-0.15, -0.1) is 10.2 Å². The summed E-state index contributed by atoms with van der Waals surface area (Å²) in [6.45, 7) is -0.139. The number of nitro benzene ring substituents is 1. The molecule has 0 radical (unpaired) electrons. The number of benzene rings is 1. The Morgan fingerprint density at radius 3 is 2.75 bits per heavy atom. The van der Waals surface area contributed by atoms with Crippen LogP contribution in [-0.4, -0.2) is 34.0 Å². The molecule has 2 N–H and O–H groups in total. The minimum Gasteiger partial charge on any atom is -0.258 e. The number of aromatic amines is 1. The van der Waals surface area contributed by atoms with E-state index in [9.17, 15) is 18.5 Å². The highest BCUT2D eigenvalue weighted by molar-refractivity contribution is 7.88. The highest BCUT2D eigenvalue weighted by atomic mass is 32.2. The number of H-pyrrole nitrogens is 1. The van der Waals surface area contributed by atoms with Crippen LogP contribution in [0.25, 0.3) is 0 Å². The van der Waals surface area contributed by atoms with Crippen molar-refractivity contribution in [3.8, 4) is 0 Å². The molecule has 1 aromatic carbocycles. The zero-order valence-corrected chi connectivity index (χ0v) is 10.9. The van der Waals surface area contributed by atoms with E-state index in [1.54, 1.807) is 0 Å². The summed E-state index contributed by atoms with van der Waals surface area (Å²) in [5, 5.41) is 23.5. The summed E-state index contributed by atoms with van der Waals surface area (Å²) in [5.41, 5.74) is -0.129. The molecule has 2 rings (SSSR count). The molecular formula is C9H10N6O4S. The lowest BCUT2D eigenvalue weighted by atomic mass is 10.2. The molecule has 20 heavy (non-hydrogen) atoms. The van der Waals surface area contributed by atoms with Crippen LogP contribution in [0.4, 0.5) is 5.69 Å². The predicted octanol–water partition coefficient (Wildman–Crippen LogP) is -0.273. The number of nitrogens with one attached hydrogen (secondary N) is 2. The molecule has 10 nitrogen and oxygen atoms in total. The molecule has 0 unspecified atom stereocenters. The maximum atomic E-state index is 11.9. The van der Waals surface area contributed by atoms with Crippen LogP contribution in [0.5, 0.6) is 0 Å². The summed E-state index contributed by atoms with van der Waals surface area (Å²) in [4.78, 5) is 10.2. The van der Waals surface area contributed by atoms with Crippen molar-refractivity contribution in [1.82, 2.24) is 25.3 Å². The van der Waals surface area contributed by atoms with Crippen molar-refractivity contribution in [3.63, 3.8) is 0 Å². The van der Waals surface area contributed by atoms with Crippen molar-refractivity contribution in [1.29, 1.82) is 0 Å². The highest BCUT2D eigenvalue weighted by Gasteiger charge is 2.19. The molecule has 2 aromatic rings. The van der Waals surface area contributed by atoms with Crippen molar-refractivity contribution < 1.29 is 13.3 Å². The third-order valence-corrected chi connectivity index (χ3v) is 3.65. The van der Waals surface area contributed by atoms with Crippen LogP contribution in [-0.2, 0) is 22.3 Å². The minimum absolute atomic E-state index is 0.109. The Kier molecular flexibility index (Phi) is 4.00. The van der Waals surface area contributed by atoms with E-state index in [0.29, 0.717) is 0 Å². The van der Waals surface area contributed by atoms with Crippen LogP contribution < -0.4 is 4.72 Å². The molecule has 1 heterocycles. The number of hydrogen-bond donors (Lipinski definition) is 2. The molecule has 0 bridgehead atoms. The zero-order chi connectivity index (χ0) is 14.6. The maximum Gasteiger partial charge on any atom is 0.273 e. The quantitative estimate of drug-likeness (QED) is 0.551. The fraction of sp³-hybridized carbons (Fsp3) is 0.222. The molecule has 0 spiro atoms. The summed E-state index contributed by atoms with van der Waals surface area (Å²) < 4.78 is 25.9. The van der Waals surface area contributed by atoms with E-state index in [2.05, 4.69) is 25.3 Å². The molecule has 0 atom stereocenters. The van der Waals surface area contributed by atoms with Gasteiger partial charge >= 0.3 is 0 Å². The average molecular weight is 298 g/mol. The third-order valence-electron chi connectivity index (χ3n) is 2.37. The second-order valence-corrected chi connectivity index (χ2v) is 5.60. The van der Waals surface area contributed by atoms with Gasteiger partial charge in [0.05, 0.1) is 17.2 Å². The van der Waals surface area contributed by atoms with Crippen molar-refractivity contribution in [3.05, 3.63) is 45.8 Å². The van der Waals surface area contributed by atoms with E-state index in [0.717, 1.165) is 0 Å². The summed E-state index contributed by atoms with van der Waals surface area (Å²) in [6, 6.07) is 5.66. The largest absolute Gasteiger partial charge is 0.273 e. The van der Waals surface area contributed by atoms with Crippen LogP contribution in [0.1, 0.15) is 11.4 Å². The van der Waals surface area contributed by atoms with Gasteiger partial charge in [0.1, 0.15) is 0 Å². The number of sulfonamides is 1. The first-order chi connectivity index (χ1) is 9.48. The fourth-order valence-electron chi connectivity index (χ4n) is 1.50. The molecule has 1 aromatic heterocycles. The second-order valence-electron chi connectivity index (χ2n) is 3.79. The molecule has 106 valence electrons. The Labute approximate surface area is 113 Å². The molecule has 0 aliphatic heterocycles. The van der Waals surface area contributed by atoms with E-state index < -0.39 is 20.7 Å². The third kappa shape index (κ3) is 3.55. The van der Waals surface area contributed by atoms with Crippen LogP contribution in [0.2, 0.25) is 0 Å². The van der Waals surface area contributed by atoms with E-state index >= 15 is 0 Å². The van der Waals surface area contributed by atoms with Crippen molar-refractivity contribution in [2.45, 2.75) is 12.3 Å². The fourth-order valence-corrected chi connectivity index (χ4v) is 2.60. The standard InChI is InChI=1S/C9H10N6O4S/c16-15(17)8-4-2-1-3-7(8)6-20(18,19)10-5-9-11-13-14-12-9/h1-4,10H,5-6H2,(H,11,12,13,14). The number of hydrogen-bond acceptors (Lipinski definition) is 7. The van der Waals surface area contributed by atoms with Gasteiger partial charge in [0.2, 0.25) is 10.0 Å². The van der Waals surface area contributed by atoms with Gasteiger partial charge in [-0.25, -0.2) is 13.1 Å². The lowest BCUT2D eigenvalue weighted by Crippen LogP contribution is -2.25. The molecule has 0 fully saturated rings. The monoisotopic (exact) mass is 298 g/mol. The van der Waals surface area contributed by atoms with Crippen molar-refractivity contribution in [2.24, 2.45) is 0 Å². The van der Waals surface area contributed by atoms with E-state index in [1.165, 1.54) is 24.3 Å². The van der Waals surface area contributed by atoms with Gasteiger partial charge < -0.3 is 0 Å². The molecule has 0 aliphatic rings. The molecule has 0 amide bonds. The first kappa shape index (κ1) is 14.0. The Morgan fingerprint density at radius 1 is 1.35 bits per heavy atom. The van der Waals surface area contributed by atoms with Gasteiger partial charge in [-0.1, -0.05) is 23.4 Å².